The summed E-state index contributed by atoms with van der Waals surface area (Å²) in [5.74, 6) is 0. The summed E-state index contributed by atoms with van der Waals surface area (Å²) in [6.45, 7) is 5.96. The summed E-state index contributed by atoms with van der Waals surface area (Å²) in [5.41, 5.74) is 1.47. The third kappa shape index (κ3) is 2.53. The fourth-order valence-electron chi connectivity index (χ4n) is 2.33. The SMILES string of the molecule is CCCN1CCCCC1CC1=NC1. The highest BCUT2D eigenvalue weighted by molar-refractivity contribution is 5.97. The highest BCUT2D eigenvalue weighted by atomic mass is 15.2. The first-order valence-electron chi connectivity index (χ1n) is 5.66. The van der Waals surface area contributed by atoms with E-state index in [0.29, 0.717) is 0 Å². The van der Waals surface area contributed by atoms with E-state index in [2.05, 4.69) is 16.8 Å². The van der Waals surface area contributed by atoms with Gasteiger partial charge in [0, 0.05) is 18.2 Å². The largest absolute Gasteiger partial charge is 0.300 e. The first-order valence-corrected chi connectivity index (χ1v) is 5.66. The van der Waals surface area contributed by atoms with Crippen LogP contribution in [0.4, 0.5) is 0 Å². The first-order chi connectivity index (χ1) is 6.40. The molecule has 2 nitrogen and oxygen atoms in total. The molecule has 0 aromatic heterocycles. The maximum atomic E-state index is 4.28. The number of likely N-dealkylation sites (tertiary alicyclic amines) is 1. The minimum absolute atomic E-state index is 0.829. The van der Waals surface area contributed by atoms with Crippen molar-refractivity contribution in [3.8, 4) is 0 Å². The van der Waals surface area contributed by atoms with Crippen molar-refractivity contribution in [1.82, 2.24) is 4.90 Å². The molecule has 0 N–H and O–H groups in total. The Morgan fingerprint density at radius 3 is 3.00 bits per heavy atom. The molecule has 1 saturated heterocycles. The van der Waals surface area contributed by atoms with Gasteiger partial charge in [-0.25, -0.2) is 0 Å². The zero-order valence-electron chi connectivity index (χ0n) is 8.63. The van der Waals surface area contributed by atoms with Gasteiger partial charge >= 0.3 is 0 Å². The van der Waals surface area contributed by atoms with Gasteiger partial charge in [0.1, 0.15) is 0 Å². The number of hydrogen-bond acceptors (Lipinski definition) is 2. The fourth-order valence-corrected chi connectivity index (χ4v) is 2.33. The summed E-state index contributed by atoms with van der Waals surface area (Å²) in [4.78, 5) is 6.95. The molecule has 0 amide bonds. The summed E-state index contributed by atoms with van der Waals surface area (Å²) in [6, 6.07) is 0.829. The second-order valence-electron chi connectivity index (χ2n) is 4.27. The van der Waals surface area contributed by atoms with Gasteiger partial charge in [-0.15, -0.1) is 0 Å². The minimum Gasteiger partial charge on any atom is -0.300 e. The molecule has 2 aliphatic heterocycles. The lowest BCUT2D eigenvalue weighted by atomic mass is 9.98. The molecular weight excluding hydrogens is 160 g/mol. The van der Waals surface area contributed by atoms with E-state index in [1.165, 1.54) is 50.9 Å². The number of piperidine rings is 1. The van der Waals surface area contributed by atoms with Crippen molar-refractivity contribution in [3.05, 3.63) is 0 Å². The molecule has 2 heterocycles. The molecule has 0 aliphatic carbocycles. The second kappa shape index (κ2) is 4.23. The van der Waals surface area contributed by atoms with Gasteiger partial charge in [-0.1, -0.05) is 13.3 Å². The van der Waals surface area contributed by atoms with Crippen LogP contribution in [0.5, 0.6) is 0 Å². The van der Waals surface area contributed by atoms with Crippen LogP contribution in [0.15, 0.2) is 4.99 Å². The van der Waals surface area contributed by atoms with E-state index >= 15 is 0 Å². The van der Waals surface area contributed by atoms with Crippen LogP contribution in [0.3, 0.4) is 0 Å². The average Bonchev–Trinajstić information content (AvgIpc) is 2.93. The van der Waals surface area contributed by atoms with Crippen LogP contribution in [-0.4, -0.2) is 36.3 Å². The van der Waals surface area contributed by atoms with Crippen LogP contribution in [0.2, 0.25) is 0 Å². The maximum absolute atomic E-state index is 4.28. The maximum Gasteiger partial charge on any atom is 0.0768 e. The fraction of sp³-hybridized carbons (Fsp3) is 0.909. The predicted octanol–water partition coefficient (Wildman–Crippen LogP) is 2.10. The van der Waals surface area contributed by atoms with Crippen LogP contribution in [0.1, 0.15) is 39.0 Å². The van der Waals surface area contributed by atoms with Gasteiger partial charge in [-0.2, -0.15) is 0 Å². The van der Waals surface area contributed by atoms with Crippen molar-refractivity contribution in [1.29, 1.82) is 0 Å². The van der Waals surface area contributed by atoms with Gasteiger partial charge in [0.2, 0.25) is 0 Å². The normalized spacial score (nSPS) is 28.7. The number of nitrogens with zero attached hydrogens (tertiary/aromatic N) is 2. The van der Waals surface area contributed by atoms with Crippen LogP contribution in [0.25, 0.3) is 0 Å². The Morgan fingerprint density at radius 2 is 2.31 bits per heavy atom. The van der Waals surface area contributed by atoms with E-state index < -0.39 is 0 Å². The van der Waals surface area contributed by atoms with Crippen molar-refractivity contribution in [2.45, 2.75) is 45.1 Å². The molecule has 0 aromatic rings. The molecule has 13 heavy (non-hydrogen) atoms. The molecule has 0 saturated carbocycles. The zero-order chi connectivity index (χ0) is 9.10. The van der Waals surface area contributed by atoms with Crippen molar-refractivity contribution in [2.24, 2.45) is 4.99 Å². The standard InChI is InChI=1S/C11H20N2/c1-2-6-13-7-4-3-5-11(13)8-10-9-12-10/h11H,2-9H2,1H3. The number of rotatable bonds is 4. The molecule has 1 unspecified atom stereocenters. The Labute approximate surface area is 81.0 Å². The second-order valence-corrected chi connectivity index (χ2v) is 4.27. The van der Waals surface area contributed by atoms with Gasteiger partial charge in [0.05, 0.1) is 6.54 Å². The van der Waals surface area contributed by atoms with Crippen LogP contribution < -0.4 is 0 Å². The highest BCUT2D eigenvalue weighted by Gasteiger charge is 2.25. The summed E-state index contributed by atoms with van der Waals surface area (Å²) >= 11 is 0. The van der Waals surface area contributed by atoms with E-state index in [0.717, 1.165) is 12.6 Å². The minimum atomic E-state index is 0.829. The van der Waals surface area contributed by atoms with E-state index in [4.69, 9.17) is 0 Å². The van der Waals surface area contributed by atoms with E-state index in [-0.39, 0.29) is 0 Å². The number of aliphatic imine (C=N–C) groups is 1. The first kappa shape index (κ1) is 9.20. The van der Waals surface area contributed by atoms with Gasteiger partial charge in [-0.05, 0) is 32.4 Å². The monoisotopic (exact) mass is 180 g/mol. The smallest absolute Gasteiger partial charge is 0.0768 e. The lowest BCUT2D eigenvalue weighted by Gasteiger charge is -2.34. The topological polar surface area (TPSA) is 15.6 Å². The predicted molar refractivity (Wildman–Crippen MR) is 56.4 cm³/mol. The third-order valence-corrected chi connectivity index (χ3v) is 3.11. The third-order valence-electron chi connectivity index (χ3n) is 3.11. The van der Waals surface area contributed by atoms with E-state index in [9.17, 15) is 0 Å². The van der Waals surface area contributed by atoms with Crippen molar-refractivity contribution >= 4 is 5.71 Å². The van der Waals surface area contributed by atoms with Gasteiger partial charge in [0.25, 0.3) is 0 Å². The highest BCUT2D eigenvalue weighted by Crippen LogP contribution is 2.22. The van der Waals surface area contributed by atoms with E-state index in [1.807, 2.05) is 0 Å². The van der Waals surface area contributed by atoms with Crippen LogP contribution in [0, 0.1) is 0 Å². The quantitative estimate of drug-likeness (QED) is 0.647. The Morgan fingerprint density at radius 1 is 1.46 bits per heavy atom. The summed E-state index contributed by atoms with van der Waals surface area (Å²) in [7, 11) is 0. The molecule has 74 valence electrons. The van der Waals surface area contributed by atoms with Crippen LogP contribution in [-0.2, 0) is 0 Å². The van der Waals surface area contributed by atoms with Crippen LogP contribution >= 0.6 is 0 Å². The molecule has 0 bridgehead atoms. The Hall–Kier alpha value is -0.370. The van der Waals surface area contributed by atoms with Gasteiger partial charge < -0.3 is 4.90 Å². The number of hydrogen-bond donors (Lipinski definition) is 0. The average molecular weight is 180 g/mol. The summed E-state index contributed by atoms with van der Waals surface area (Å²) in [6.07, 6.45) is 6.79. The summed E-state index contributed by atoms with van der Waals surface area (Å²) < 4.78 is 0. The molecule has 0 radical (unpaired) electrons. The molecule has 1 fully saturated rings. The molecule has 2 aliphatic rings. The molecule has 0 spiro atoms. The van der Waals surface area contributed by atoms with E-state index in [1.54, 1.807) is 0 Å². The molecular formula is C11H20N2. The Kier molecular flexibility index (Phi) is 2.99. The van der Waals surface area contributed by atoms with Crippen molar-refractivity contribution in [3.63, 3.8) is 0 Å². The van der Waals surface area contributed by atoms with Gasteiger partial charge in [0.15, 0.2) is 0 Å². The van der Waals surface area contributed by atoms with Crippen molar-refractivity contribution < 1.29 is 0 Å². The Balaban J connectivity index is 1.83. The molecule has 2 heteroatoms. The Bertz CT molecular complexity index is 196. The summed E-state index contributed by atoms with van der Waals surface area (Å²) in [5, 5.41) is 0. The lowest BCUT2D eigenvalue weighted by molar-refractivity contribution is 0.153. The zero-order valence-corrected chi connectivity index (χ0v) is 8.63. The lowest BCUT2D eigenvalue weighted by Crippen LogP contribution is -2.40. The molecule has 0 aromatic carbocycles. The molecule has 2 rings (SSSR count). The van der Waals surface area contributed by atoms with Crippen molar-refractivity contribution in [2.75, 3.05) is 19.6 Å². The van der Waals surface area contributed by atoms with Gasteiger partial charge in [-0.3, -0.25) is 4.99 Å². The molecule has 1 atom stereocenters.